The fourth-order valence-electron chi connectivity index (χ4n) is 1.47. The summed E-state index contributed by atoms with van der Waals surface area (Å²) in [6, 6.07) is 9.24. The van der Waals surface area contributed by atoms with Crippen LogP contribution in [0, 0.1) is 18.6 Å². The van der Waals surface area contributed by atoms with Crippen LogP contribution in [0.4, 0.5) is 20.2 Å². The van der Waals surface area contributed by atoms with E-state index in [9.17, 15) is 8.78 Å². The lowest BCUT2D eigenvalue weighted by molar-refractivity contribution is 0.625. The number of nitrogens with one attached hydrogen (secondary N) is 1. The number of anilines is 2. The van der Waals surface area contributed by atoms with Gasteiger partial charge < -0.3 is 5.32 Å². The molecule has 0 unspecified atom stereocenters. The Kier molecular flexibility index (Phi) is 3.43. The number of rotatable bonds is 2. The summed E-state index contributed by atoms with van der Waals surface area (Å²) in [5, 5.41) is 2.74. The fourth-order valence-corrected chi connectivity index (χ4v) is 1.80. The minimum atomic E-state index is -0.430. The Morgan fingerprint density at radius 1 is 0.941 bits per heavy atom. The maximum absolute atomic E-state index is 13.6. The molecular formula is C13H10BrF2N. The molecule has 17 heavy (non-hydrogen) atoms. The zero-order valence-corrected chi connectivity index (χ0v) is 10.7. The normalized spacial score (nSPS) is 10.4. The van der Waals surface area contributed by atoms with Crippen LogP contribution in [0.2, 0.25) is 0 Å². The number of hydrogen-bond acceptors (Lipinski definition) is 1. The van der Waals surface area contributed by atoms with Crippen LogP contribution in [0.25, 0.3) is 0 Å². The van der Waals surface area contributed by atoms with Gasteiger partial charge in [-0.25, -0.2) is 8.78 Å². The Labute approximate surface area is 107 Å². The van der Waals surface area contributed by atoms with Gasteiger partial charge in [-0.1, -0.05) is 22.0 Å². The molecule has 88 valence electrons. The molecule has 0 aliphatic rings. The van der Waals surface area contributed by atoms with Gasteiger partial charge in [0.05, 0.1) is 11.4 Å². The lowest BCUT2D eigenvalue weighted by Gasteiger charge is -2.09. The summed E-state index contributed by atoms with van der Waals surface area (Å²) in [7, 11) is 0. The third-order valence-electron chi connectivity index (χ3n) is 2.32. The van der Waals surface area contributed by atoms with Crippen molar-refractivity contribution in [1.29, 1.82) is 0 Å². The van der Waals surface area contributed by atoms with Crippen molar-refractivity contribution in [2.75, 3.05) is 5.32 Å². The van der Waals surface area contributed by atoms with Crippen molar-refractivity contribution in [3.63, 3.8) is 0 Å². The molecule has 1 nitrogen and oxygen atoms in total. The predicted octanol–water partition coefficient (Wildman–Crippen LogP) is 4.78. The van der Waals surface area contributed by atoms with E-state index in [1.807, 2.05) is 6.92 Å². The second-order valence-corrected chi connectivity index (χ2v) is 4.65. The Hall–Kier alpha value is -1.42. The smallest absolute Gasteiger partial charge is 0.147 e. The minimum Gasteiger partial charge on any atom is -0.351 e. The van der Waals surface area contributed by atoms with E-state index in [4.69, 9.17) is 0 Å². The van der Waals surface area contributed by atoms with E-state index in [0.29, 0.717) is 4.47 Å². The van der Waals surface area contributed by atoms with Gasteiger partial charge in [0.25, 0.3) is 0 Å². The van der Waals surface area contributed by atoms with Crippen molar-refractivity contribution in [2.45, 2.75) is 6.92 Å². The molecule has 0 atom stereocenters. The van der Waals surface area contributed by atoms with Crippen molar-refractivity contribution in [1.82, 2.24) is 0 Å². The molecule has 0 saturated carbocycles. The molecule has 4 heteroatoms. The van der Waals surface area contributed by atoms with E-state index in [0.717, 1.165) is 5.56 Å². The molecule has 0 spiro atoms. The molecule has 2 aromatic carbocycles. The summed E-state index contributed by atoms with van der Waals surface area (Å²) < 4.78 is 27.7. The first kappa shape index (κ1) is 12.0. The molecule has 0 aliphatic carbocycles. The van der Waals surface area contributed by atoms with Gasteiger partial charge in [-0.15, -0.1) is 0 Å². The van der Waals surface area contributed by atoms with Crippen LogP contribution in [-0.4, -0.2) is 0 Å². The summed E-state index contributed by atoms with van der Waals surface area (Å²) in [4.78, 5) is 0. The highest BCUT2D eigenvalue weighted by Crippen LogP contribution is 2.25. The lowest BCUT2D eigenvalue weighted by atomic mass is 10.2. The second-order valence-electron chi connectivity index (χ2n) is 3.73. The van der Waals surface area contributed by atoms with Crippen molar-refractivity contribution in [2.24, 2.45) is 0 Å². The summed E-state index contributed by atoms with van der Waals surface area (Å²) in [6.07, 6.45) is 0. The molecule has 0 aromatic heterocycles. The molecule has 0 bridgehead atoms. The van der Waals surface area contributed by atoms with Gasteiger partial charge in [0.2, 0.25) is 0 Å². The van der Waals surface area contributed by atoms with Crippen LogP contribution in [0.1, 0.15) is 5.56 Å². The number of hydrogen-bond donors (Lipinski definition) is 1. The Bertz CT molecular complexity index is 555. The minimum absolute atomic E-state index is 0.248. The third-order valence-corrected chi connectivity index (χ3v) is 2.82. The summed E-state index contributed by atoms with van der Waals surface area (Å²) in [6.45, 7) is 1.85. The second kappa shape index (κ2) is 4.84. The molecule has 1 N–H and O–H groups in total. The van der Waals surface area contributed by atoms with Crippen LogP contribution >= 0.6 is 15.9 Å². The topological polar surface area (TPSA) is 12.0 Å². The molecule has 0 amide bonds. The zero-order valence-electron chi connectivity index (χ0n) is 9.10. The van der Waals surface area contributed by atoms with Crippen molar-refractivity contribution in [3.05, 3.63) is 58.1 Å². The Morgan fingerprint density at radius 3 is 2.41 bits per heavy atom. The van der Waals surface area contributed by atoms with Crippen LogP contribution < -0.4 is 5.32 Å². The van der Waals surface area contributed by atoms with Gasteiger partial charge in [-0.2, -0.15) is 0 Å². The quantitative estimate of drug-likeness (QED) is 0.841. The Balaban J connectivity index is 2.34. The van der Waals surface area contributed by atoms with Gasteiger partial charge in [0.1, 0.15) is 11.6 Å². The zero-order chi connectivity index (χ0) is 12.4. The average Bonchev–Trinajstić information content (AvgIpc) is 2.27. The van der Waals surface area contributed by atoms with Gasteiger partial charge in [-0.3, -0.25) is 0 Å². The molecule has 0 heterocycles. The highest BCUT2D eigenvalue weighted by molar-refractivity contribution is 9.10. The number of halogens is 3. The lowest BCUT2D eigenvalue weighted by Crippen LogP contribution is -1.96. The van der Waals surface area contributed by atoms with E-state index < -0.39 is 11.6 Å². The molecule has 2 aromatic rings. The molecule has 2 rings (SSSR count). The van der Waals surface area contributed by atoms with Crippen LogP contribution in [-0.2, 0) is 0 Å². The summed E-state index contributed by atoms with van der Waals surface area (Å²) in [5.41, 5.74) is 1.43. The van der Waals surface area contributed by atoms with Gasteiger partial charge in [0.15, 0.2) is 0 Å². The van der Waals surface area contributed by atoms with Gasteiger partial charge >= 0.3 is 0 Å². The van der Waals surface area contributed by atoms with E-state index in [1.54, 1.807) is 24.3 Å². The molecule has 0 aliphatic heterocycles. The largest absolute Gasteiger partial charge is 0.351 e. The maximum atomic E-state index is 13.6. The number of benzene rings is 2. The van der Waals surface area contributed by atoms with Crippen LogP contribution in [0.5, 0.6) is 0 Å². The van der Waals surface area contributed by atoms with Crippen molar-refractivity contribution >= 4 is 27.3 Å². The highest BCUT2D eigenvalue weighted by atomic mass is 79.9. The van der Waals surface area contributed by atoms with Crippen LogP contribution in [0.3, 0.4) is 0 Å². The fraction of sp³-hybridized carbons (Fsp3) is 0.0769. The molecule has 0 radical (unpaired) electrons. The van der Waals surface area contributed by atoms with Crippen LogP contribution in [0.15, 0.2) is 40.9 Å². The van der Waals surface area contributed by atoms with E-state index >= 15 is 0 Å². The molecular weight excluding hydrogens is 288 g/mol. The Morgan fingerprint density at radius 2 is 1.71 bits per heavy atom. The average molecular weight is 298 g/mol. The van der Waals surface area contributed by atoms with E-state index in [-0.39, 0.29) is 11.4 Å². The first-order chi connectivity index (χ1) is 8.06. The standard InChI is InChI=1S/C13H10BrF2N/c1-8-2-4-10(15)13(6-8)17-12-5-3-9(14)7-11(12)16/h2-7,17H,1H3. The number of aryl methyl sites for hydroxylation is 1. The van der Waals surface area contributed by atoms with E-state index in [1.165, 1.54) is 12.1 Å². The summed E-state index contributed by atoms with van der Waals surface area (Å²) in [5.74, 6) is -0.835. The monoisotopic (exact) mass is 297 g/mol. The van der Waals surface area contributed by atoms with Crippen molar-refractivity contribution in [3.8, 4) is 0 Å². The molecule has 0 fully saturated rings. The third kappa shape index (κ3) is 2.82. The van der Waals surface area contributed by atoms with E-state index in [2.05, 4.69) is 21.2 Å². The molecule has 0 saturated heterocycles. The first-order valence-corrected chi connectivity index (χ1v) is 5.84. The first-order valence-electron chi connectivity index (χ1n) is 5.04. The predicted molar refractivity (Wildman–Crippen MR) is 68.5 cm³/mol. The highest BCUT2D eigenvalue weighted by Gasteiger charge is 2.06. The van der Waals surface area contributed by atoms with Gasteiger partial charge in [0, 0.05) is 4.47 Å². The van der Waals surface area contributed by atoms with Gasteiger partial charge in [-0.05, 0) is 42.8 Å². The summed E-state index contributed by atoms with van der Waals surface area (Å²) >= 11 is 3.17. The SMILES string of the molecule is Cc1ccc(F)c(Nc2ccc(Br)cc2F)c1. The van der Waals surface area contributed by atoms with Crippen molar-refractivity contribution < 1.29 is 8.78 Å². The maximum Gasteiger partial charge on any atom is 0.147 e.